The van der Waals surface area contributed by atoms with Gasteiger partial charge in [-0.3, -0.25) is 4.79 Å². The van der Waals surface area contributed by atoms with E-state index in [0.717, 1.165) is 44.1 Å². The number of rotatable bonds is 20. The molecule has 40 heavy (non-hydrogen) atoms. The number of likely N-dealkylation sites (N-methyl/N-ethyl adjacent to an activating group) is 1. The fourth-order valence-corrected chi connectivity index (χ4v) is 3.88. The van der Waals surface area contributed by atoms with Gasteiger partial charge in [-0.1, -0.05) is 124 Å². The predicted octanol–water partition coefficient (Wildman–Crippen LogP) is 9.08. The molecule has 0 aliphatic heterocycles. The van der Waals surface area contributed by atoms with Crippen LogP contribution in [-0.2, 0) is 20.9 Å². The maximum absolute atomic E-state index is 12.8. The van der Waals surface area contributed by atoms with Crippen molar-refractivity contribution in [1.29, 1.82) is 0 Å². The second-order valence-electron chi connectivity index (χ2n) is 10.2. The Morgan fingerprint density at radius 1 is 0.750 bits per heavy atom. The first-order valence-corrected chi connectivity index (χ1v) is 14.8. The van der Waals surface area contributed by atoms with Gasteiger partial charge in [-0.05, 0) is 62.8 Å². The molecule has 0 aromatic heterocycles. The Morgan fingerprint density at radius 3 is 1.70 bits per heavy atom. The predicted molar refractivity (Wildman–Crippen MR) is 170 cm³/mol. The molecule has 0 saturated carbocycles. The minimum Gasteiger partial charge on any atom is -0.459 e. The molecular weight excluding hydrogens is 494 g/mol. The van der Waals surface area contributed by atoms with E-state index in [9.17, 15) is 9.59 Å². The third-order valence-electron chi connectivity index (χ3n) is 6.17. The Balaban J connectivity index is 2.27. The molecular formula is C36H51NO3. The van der Waals surface area contributed by atoms with E-state index >= 15 is 0 Å². The molecule has 1 rings (SSSR count). The average molecular weight is 546 g/mol. The summed E-state index contributed by atoms with van der Waals surface area (Å²) in [6.45, 7) is 6.46. The lowest BCUT2D eigenvalue weighted by Crippen LogP contribution is -2.44. The smallest absolute Gasteiger partial charge is 0.329 e. The van der Waals surface area contributed by atoms with Crippen molar-refractivity contribution in [3.8, 4) is 0 Å². The molecule has 1 amide bonds. The van der Waals surface area contributed by atoms with Crippen LogP contribution in [0.25, 0.3) is 0 Å². The molecule has 1 aromatic carbocycles. The summed E-state index contributed by atoms with van der Waals surface area (Å²) >= 11 is 0. The Labute approximate surface area is 243 Å². The van der Waals surface area contributed by atoms with E-state index in [-0.39, 0.29) is 24.4 Å². The van der Waals surface area contributed by atoms with E-state index in [4.69, 9.17) is 4.74 Å². The molecule has 4 heteroatoms. The van der Waals surface area contributed by atoms with Gasteiger partial charge in [-0.15, -0.1) is 0 Å². The summed E-state index contributed by atoms with van der Waals surface area (Å²) in [5.74, 6) is -0.114. The van der Waals surface area contributed by atoms with Crippen molar-refractivity contribution >= 4 is 11.9 Å². The highest BCUT2D eigenvalue weighted by molar-refractivity contribution is 5.84. The first kappa shape index (κ1) is 34.6. The molecule has 0 bridgehead atoms. The van der Waals surface area contributed by atoms with Crippen molar-refractivity contribution in [2.24, 2.45) is 5.92 Å². The number of carbonyl (C=O) groups excluding carboxylic acids is 2. The standard InChI is InChI=1S/C36H51NO3/c1-5-6-7-8-9-10-11-12-13-14-15-16-17-18-19-20-21-22-26-29-35(38)37(4)34(30-32(2)3)36(39)40-31-33-27-24-23-25-28-33/h6-7,9-10,12-13,15-16,18-19,21-25,27-28,32,34H,5,8,11,14,17,20,26,29-31H2,1-4H3/b7-6-,10-9-,13-12-,16-15-,19-18-,22-21-/t34-/m0/s1. The van der Waals surface area contributed by atoms with Crippen LogP contribution in [-0.4, -0.2) is 29.9 Å². The minimum atomic E-state index is -0.568. The van der Waals surface area contributed by atoms with Gasteiger partial charge in [0.25, 0.3) is 0 Å². The van der Waals surface area contributed by atoms with E-state index in [1.54, 1.807) is 11.9 Å². The fourth-order valence-electron chi connectivity index (χ4n) is 3.88. The number of hydrogen-bond acceptors (Lipinski definition) is 3. The SMILES string of the molecule is CC/C=C\C/C=C\C/C=C\C/C=C\C/C=C\C/C=C\CCC(=O)N(C)[C@@H](CC(C)C)C(=O)OCc1ccccc1. The van der Waals surface area contributed by atoms with Crippen molar-refractivity contribution < 1.29 is 14.3 Å². The number of esters is 1. The number of allylic oxidation sites excluding steroid dienone is 12. The molecule has 0 radical (unpaired) electrons. The molecule has 0 saturated heterocycles. The molecule has 1 atom stereocenters. The average Bonchev–Trinajstić information content (AvgIpc) is 2.95. The van der Waals surface area contributed by atoms with Crippen LogP contribution < -0.4 is 0 Å². The number of carbonyl (C=O) groups is 2. The van der Waals surface area contributed by atoms with Crippen molar-refractivity contribution in [3.63, 3.8) is 0 Å². The fraction of sp³-hybridized carbons (Fsp3) is 0.444. The molecule has 0 aliphatic rings. The monoisotopic (exact) mass is 545 g/mol. The van der Waals surface area contributed by atoms with E-state index in [1.807, 2.05) is 50.3 Å². The summed E-state index contributed by atoms with van der Waals surface area (Å²) in [5, 5.41) is 0. The quantitative estimate of drug-likeness (QED) is 0.121. The first-order chi connectivity index (χ1) is 19.5. The van der Waals surface area contributed by atoms with E-state index in [1.165, 1.54) is 0 Å². The van der Waals surface area contributed by atoms with Gasteiger partial charge in [0, 0.05) is 13.5 Å². The zero-order valence-corrected chi connectivity index (χ0v) is 25.2. The zero-order chi connectivity index (χ0) is 29.3. The molecule has 0 aliphatic carbocycles. The number of ether oxygens (including phenoxy) is 1. The molecule has 0 unspecified atom stereocenters. The lowest BCUT2D eigenvalue weighted by Gasteiger charge is -2.28. The molecule has 0 heterocycles. The molecule has 0 fully saturated rings. The van der Waals surface area contributed by atoms with Gasteiger partial charge in [0.1, 0.15) is 12.6 Å². The summed E-state index contributed by atoms with van der Waals surface area (Å²) in [7, 11) is 1.71. The van der Waals surface area contributed by atoms with Crippen molar-refractivity contribution in [1.82, 2.24) is 4.90 Å². The highest BCUT2D eigenvalue weighted by Crippen LogP contribution is 2.15. The topological polar surface area (TPSA) is 46.6 Å². The second kappa shape index (κ2) is 23.5. The van der Waals surface area contributed by atoms with Crippen LogP contribution >= 0.6 is 0 Å². The molecule has 0 N–H and O–H groups in total. The first-order valence-electron chi connectivity index (χ1n) is 14.8. The molecule has 0 spiro atoms. The minimum absolute atomic E-state index is 0.0400. The normalized spacial score (nSPS) is 13.2. The van der Waals surface area contributed by atoms with Crippen molar-refractivity contribution in [3.05, 3.63) is 109 Å². The van der Waals surface area contributed by atoms with E-state index < -0.39 is 6.04 Å². The number of amides is 1. The second-order valence-corrected chi connectivity index (χ2v) is 10.2. The summed E-state index contributed by atoms with van der Waals surface area (Å²) in [6.07, 6.45) is 33.5. The maximum Gasteiger partial charge on any atom is 0.329 e. The summed E-state index contributed by atoms with van der Waals surface area (Å²) in [6, 6.07) is 9.04. The largest absolute Gasteiger partial charge is 0.459 e. The van der Waals surface area contributed by atoms with Crippen LogP contribution in [0.3, 0.4) is 0 Å². The Bertz CT molecular complexity index is 983. The van der Waals surface area contributed by atoms with E-state index in [0.29, 0.717) is 19.3 Å². The van der Waals surface area contributed by atoms with Gasteiger partial charge < -0.3 is 9.64 Å². The van der Waals surface area contributed by atoms with Gasteiger partial charge >= 0.3 is 5.97 Å². The summed E-state index contributed by atoms with van der Waals surface area (Å²) in [5.41, 5.74) is 0.936. The highest BCUT2D eigenvalue weighted by atomic mass is 16.5. The molecule has 218 valence electrons. The van der Waals surface area contributed by atoms with Crippen LogP contribution in [0.5, 0.6) is 0 Å². The van der Waals surface area contributed by atoms with Gasteiger partial charge in [0.05, 0.1) is 0 Å². The number of nitrogens with zero attached hydrogens (tertiary/aromatic N) is 1. The van der Waals surface area contributed by atoms with Crippen molar-refractivity contribution in [2.75, 3.05) is 7.05 Å². The third kappa shape index (κ3) is 18.0. The van der Waals surface area contributed by atoms with Crippen LogP contribution in [0.4, 0.5) is 0 Å². The lowest BCUT2D eigenvalue weighted by atomic mass is 10.0. The lowest BCUT2D eigenvalue weighted by molar-refractivity contribution is -0.156. The van der Waals surface area contributed by atoms with Gasteiger partial charge in [0.2, 0.25) is 5.91 Å². The summed E-state index contributed by atoms with van der Waals surface area (Å²) < 4.78 is 5.54. The Morgan fingerprint density at radius 2 is 1.23 bits per heavy atom. The Hall–Kier alpha value is -3.40. The maximum atomic E-state index is 12.8. The van der Waals surface area contributed by atoms with Crippen LogP contribution in [0.2, 0.25) is 0 Å². The van der Waals surface area contributed by atoms with Gasteiger partial charge in [-0.25, -0.2) is 4.79 Å². The number of benzene rings is 1. The third-order valence-corrected chi connectivity index (χ3v) is 6.17. The number of hydrogen-bond donors (Lipinski definition) is 0. The van der Waals surface area contributed by atoms with Gasteiger partial charge in [0.15, 0.2) is 0 Å². The van der Waals surface area contributed by atoms with E-state index in [2.05, 4.69) is 73.8 Å². The van der Waals surface area contributed by atoms with Crippen LogP contribution in [0.1, 0.15) is 84.1 Å². The van der Waals surface area contributed by atoms with Crippen LogP contribution in [0.15, 0.2) is 103 Å². The van der Waals surface area contributed by atoms with Gasteiger partial charge in [-0.2, -0.15) is 0 Å². The van der Waals surface area contributed by atoms with Crippen LogP contribution in [0, 0.1) is 5.92 Å². The zero-order valence-electron chi connectivity index (χ0n) is 25.2. The summed E-state index contributed by atoms with van der Waals surface area (Å²) in [4.78, 5) is 27.1. The molecule has 1 aromatic rings. The van der Waals surface area contributed by atoms with Crippen molar-refractivity contribution in [2.45, 2.75) is 91.2 Å². The molecule has 4 nitrogen and oxygen atoms in total. The highest BCUT2D eigenvalue weighted by Gasteiger charge is 2.28. The Kier molecular flexibility index (Phi) is 20.3.